The number of hydrogen-bond acceptors (Lipinski definition) is 4. The molecule has 0 aliphatic carbocycles. The lowest BCUT2D eigenvalue weighted by Gasteiger charge is -2.12. The van der Waals surface area contributed by atoms with Crippen molar-refractivity contribution in [2.24, 2.45) is 0 Å². The third kappa shape index (κ3) is 6.28. The van der Waals surface area contributed by atoms with Crippen molar-refractivity contribution >= 4 is 17.7 Å². The van der Waals surface area contributed by atoms with Crippen LogP contribution in [0.1, 0.15) is 12.0 Å². The fraction of sp³-hybridized carbons (Fsp3) is 0.294. The van der Waals surface area contributed by atoms with Gasteiger partial charge in [-0.25, -0.2) is 4.98 Å². The second kappa shape index (κ2) is 9.23. The van der Waals surface area contributed by atoms with E-state index in [2.05, 4.69) is 10.3 Å². The van der Waals surface area contributed by atoms with Crippen molar-refractivity contribution < 1.29 is 9.90 Å². The van der Waals surface area contributed by atoms with Crippen LogP contribution >= 0.6 is 11.8 Å². The maximum absolute atomic E-state index is 11.7. The summed E-state index contributed by atoms with van der Waals surface area (Å²) in [6.45, 7) is 0.280. The Morgan fingerprint density at radius 3 is 2.68 bits per heavy atom. The first-order chi connectivity index (χ1) is 10.7. The largest absolute Gasteiger partial charge is 0.391 e. The van der Waals surface area contributed by atoms with Crippen molar-refractivity contribution in [2.75, 3.05) is 12.3 Å². The molecule has 1 aromatic heterocycles. The van der Waals surface area contributed by atoms with E-state index < -0.39 is 6.10 Å². The van der Waals surface area contributed by atoms with E-state index in [0.29, 0.717) is 18.6 Å². The van der Waals surface area contributed by atoms with Crippen LogP contribution in [-0.2, 0) is 11.2 Å². The number of pyridine rings is 1. The Hall–Kier alpha value is -1.85. The number of benzene rings is 1. The van der Waals surface area contributed by atoms with Crippen LogP contribution in [0.3, 0.4) is 0 Å². The summed E-state index contributed by atoms with van der Waals surface area (Å²) in [5, 5.41) is 13.6. The molecule has 1 unspecified atom stereocenters. The van der Waals surface area contributed by atoms with Crippen molar-refractivity contribution in [3.63, 3.8) is 0 Å². The summed E-state index contributed by atoms with van der Waals surface area (Å²) in [4.78, 5) is 15.9. The van der Waals surface area contributed by atoms with E-state index in [0.717, 1.165) is 10.6 Å². The molecule has 116 valence electrons. The predicted octanol–water partition coefficient (Wildman–Crippen LogP) is 2.28. The molecule has 0 aliphatic rings. The van der Waals surface area contributed by atoms with Crippen molar-refractivity contribution in [3.05, 3.63) is 60.3 Å². The summed E-state index contributed by atoms with van der Waals surface area (Å²) < 4.78 is 0. The van der Waals surface area contributed by atoms with Crippen molar-refractivity contribution in [1.82, 2.24) is 10.3 Å². The molecule has 2 rings (SSSR count). The zero-order valence-corrected chi connectivity index (χ0v) is 13.1. The smallest absolute Gasteiger partial charge is 0.220 e. The first kappa shape index (κ1) is 16.5. The molecule has 1 heterocycles. The molecule has 1 atom stereocenters. The molecule has 4 nitrogen and oxygen atoms in total. The summed E-state index contributed by atoms with van der Waals surface area (Å²) in [6.07, 6.45) is 2.14. The van der Waals surface area contributed by atoms with E-state index in [1.807, 2.05) is 48.5 Å². The van der Waals surface area contributed by atoms with Crippen LogP contribution in [0.4, 0.5) is 0 Å². The number of hydrogen-bond donors (Lipinski definition) is 2. The van der Waals surface area contributed by atoms with Gasteiger partial charge in [-0.2, -0.15) is 0 Å². The highest BCUT2D eigenvalue weighted by molar-refractivity contribution is 7.99. The van der Waals surface area contributed by atoms with Gasteiger partial charge < -0.3 is 10.4 Å². The zero-order valence-electron chi connectivity index (χ0n) is 12.3. The van der Waals surface area contributed by atoms with Crippen LogP contribution in [0.25, 0.3) is 0 Å². The fourth-order valence-electron chi connectivity index (χ4n) is 1.96. The van der Waals surface area contributed by atoms with Gasteiger partial charge in [-0.15, -0.1) is 11.8 Å². The van der Waals surface area contributed by atoms with Crippen molar-refractivity contribution in [2.45, 2.75) is 24.0 Å². The van der Waals surface area contributed by atoms with Gasteiger partial charge in [-0.1, -0.05) is 36.4 Å². The van der Waals surface area contributed by atoms with Crippen molar-refractivity contribution in [1.29, 1.82) is 0 Å². The van der Waals surface area contributed by atoms with Gasteiger partial charge in [0.05, 0.1) is 11.1 Å². The third-order valence-corrected chi connectivity index (χ3v) is 4.01. The standard InChI is InChI=1S/C17H20N2O2S/c20-15(12-14-6-2-1-3-7-14)13-19-16(21)9-11-22-17-8-4-5-10-18-17/h1-8,10,15,20H,9,11-13H2,(H,19,21). The molecular formula is C17H20N2O2S. The molecule has 0 aliphatic heterocycles. The summed E-state index contributed by atoms with van der Waals surface area (Å²) in [6, 6.07) is 15.5. The molecule has 0 spiro atoms. The second-order valence-electron chi connectivity index (χ2n) is 4.91. The number of aromatic nitrogens is 1. The first-order valence-corrected chi connectivity index (χ1v) is 8.25. The molecule has 0 bridgehead atoms. The summed E-state index contributed by atoms with van der Waals surface area (Å²) in [5.74, 6) is 0.632. The summed E-state index contributed by atoms with van der Waals surface area (Å²) in [5.41, 5.74) is 1.06. The number of carbonyl (C=O) groups is 1. The van der Waals surface area contributed by atoms with Crippen LogP contribution in [-0.4, -0.2) is 34.4 Å². The second-order valence-corrected chi connectivity index (χ2v) is 6.03. The van der Waals surface area contributed by atoms with Gasteiger partial charge >= 0.3 is 0 Å². The summed E-state index contributed by atoms with van der Waals surface area (Å²) >= 11 is 1.55. The Morgan fingerprint density at radius 1 is 1.18 bits per heavy atom. The average molecular weight is 316 g/mol. The molecule has 0 saturated carbocycles. The molecule has 0 radical (unpaired) electrons. The van der Waals surface area contributed by atoms with E-state index in [1.165, 1.54) is 0 Å². The van der Waals surface area contributed by atoms with Gasteiger partial charge in [0.25, 0.3) is 0 Å². The van der Waals surface area contributed by atoms with E-state index in [1.54, 1.807) is 18.0 Å². The van der Waals surface area contributed by atoms with E-state index in [-0.39, 0.29) is 12.5 Å². The maximum Gasteiger partial charge on any atom is 0.220 e. The van der Waals surface area contributed by atoms with Gasteiger partial charge in [-0.05, 0) is 17.7 Å². The van der Waals surface area contributed by atoms with Crippen molar-refractivity contribution in [3.8, 4) is 0 Å². The highest BCUT2D eigenvalue weighted by atomic mass is 32.2. The minimum absolute atomic E-state index is 0.0458. The van der Waals surface area contributed by atoms with Crippen LogP contribution < -0.4 is 5.32 Å². The van der Waals surface area contributed by atoms with E-state index >= 15 is 0 Å². The number of nitrogens with one attached hydrogen (secondary N) is 1. The van der Waals surface area contributed by atoms with Crippen LogP contribution in [0.2, 0.25) is 0 Å². The highest BCUT2D eigenvalue weighted by Gasteiger charge is 2.08. The zero-order chi connectivity index (χ0) is 15.6. The molecule has 2 aromatic rings. The quantitative estimate of drug-likeness (QED) is 0.734. The normalized spacial score (nSPS) is 11.9. The topological polar surface area (TPSA) is 62.2 Å². The molecule has 1 amide bonds. The maximum atomic E-state index is 11.7. The third-order valence-electron chi connectivity index (χ3n) is 3.07. The van der Waals surface area contributed by atoms with Crippen LogP contribution in [0.5, 0.6) is 0 Å². The van der Waals surface area contributed by atoms with Gasteiger partial charge in [0.15, 0.2) is 0 Å². The lowest BCUT2D eigenvalue weighted by molar-refractivity contribution is -0.121. The van der Waals surface area contributed by atoms with Gasteiger partial charge in [0.1, 0.15) is 0 Å². The Labute approximate surface area is 135 Å². The molecule has 2 N–H and O–H groups in total. The minimum Gasteiger partial charge on any atom is -0.391 e. The van der Waals surface area contributed by atoms with E-state index in [9.17, 15) is 9.90 Å². The molecule has 0 fully saturated rings. The number of aliphatic hydroxyl groups excluding tert-OH is 1. The van der Waals surface area contributed by atoms with Gasteiger partial charge in [0, 0.05) is 31.3 Å². The molecule has 0 saturated heterocycles. The lowest BCUT2D eigenvalue weighted by Crippen LogP contribution is -2.33. The fourth-order valence-corrected chi connectivity index (χ4v) is 2.77. The van der Waals surface area contributed by atoms with E-state index in [4.69, 9.17) is 0 Å². The molecule has 5 heteroatoms. The Bertz CT molecular complexity index is 563. The number of amides is 1. The highest BCUT2D eigenvalue weighted by Crippen LogP contribution is 2.14. The predicted molar refractivity (Wildman–Crippen MR) is 88.7 cm³/mol. The Kier molecular flexibility index (Phi) is 6.93. The van der Waals surface area contributed by atoms with Crippen LogP contribution in [0, 0.1) is 0 Å². The number of thioether (sulfide) groups is 1. The SMILES string of the molecule is O=C(CCSc1ccccn1)NCC(O)Cc1ccccc1. The molecular weight excluding hydrogens is 296 g/mol. The van der Waals surface area contributed by atoms with Gasteiger partial charge in [0.2, 0.25) is 5.91 Å². The Morgan fingerprint density at radius 2 is 1.95 bits per heavy atom. The number of nitrogens with zero attached hydrogens (tertiary/aromatic N) is 1. The first-order valence-electron chi connectivity index (χ1n) is 7.26. The lowest BCUT2D eigenvalue weighted by atomic mass is 10.1. The monoisotopic (exact) mass is 316 g/mol. The molecule has 22 heavy (non-hydrogen) atoms. The van der Waals surface area contributed by atoms with Gasteiger partial charge in [-0.3, -0.25) is 4.79 Å². The number of rotatable bonds is 8. The number of aliphatic hydroxyl groups is 1. The van der Waals surface area contributed by atoms with Crippen LogP contribution in [0.15, 0.2) is 59.8 Å². The minimum atomic E-state index is -0.560. The number of carbonyl (C=O) groups excluding carboxylic acids is 1. The Balaban J connectivity index is 1.61. The molecule has 1 aromatic carbocycles. The average Bonchev–Trinajstić information content (AvgIpc) is 2.55. The summed E-state index contributed by atoms with van der Waals surface area (Å²) in [7, 11) is 0.